The molecule has 0 saturated carbocycles. The molecule has 0 spiro atoms. The van der Waals surface area contributed by atoms with Crippen LogP contribution in [-0.2, 0) is 9.53 Å². The van der Waals surface area contributed by atoms with E-state index in [9.17, 15) is 9.59 Å². The van der Waals surface area contributed by atoms with Gasteiger partial charge in [-0.2, -0.15) is 0 Å². The topological polar surface area (TPSA) is 49.9 Å². The molecule has 90 valence electrons. The largest absolute Gasteiger partial charge is 0.447 e. The van der Waals surface area contributed by atoms with Gasteiger partial charge in [0.2, 0.25) is 0 Å². The van der Waals surface area contributed by atoms with Crippen molar-refractivity contribution in [3.63, 3.8) is 0 Å². The number of hydrogen-bond acceptors (Lipinski definition) is 3. The first-order valence-corrected chi connectivity index (χ1v) is 5.33. The highest BCUT2D eigenvalue weighted by molar-refractivity contribution is 5.99. The van der Waals surface area contributed by atoms with Crippen molar-refractivity contribution in [3.05, 3.63) is 30.3 Å². The third-order valence-electron chi connectivity index (χ3n) is 2.88. The number of carbonyl (C=O) groups excluding carboxylic acids is 2. The third kappa shape index (κ3) is 2.08. The SMILES string of the molecule is CN(C(=O)C1COC(=O)N1C)c1ccccc1. The zero-order valence-electron chi connectivity index (χ0n) is 9.79. The van der Waals surface area contributed by atoms with Crippen molar-refractivity contribution in [3.8, 4) is 0 Å². The lowest BCUT2D eigenvalue weighted by atomic mass is 10.2. The molecule has 1 heterocycles. The molecule has 1 aromatic rings. The summed E-state index contributed by atoms with van der Waals surface area (Å²) in [5, 5.41) is 0. The highest BCUT2D eigenvalue weighted by Crippen LogP contribution is 2.17. The summed E-state index contributed by atoms with van der Waals surface area (Å²) < 4.78 is 4.82. The Bertz CT molecular complexity index is 433. The van der Waals surface area contributed by atoms with Crippen LogP contribution in [0.5, 0.6) is 0 Å². The molecule has 2 rings (SSSR count). The Labute approximate surface area is 99.6 Å². The number of cyclic esters (lactones) is 1. The van der Waals surface area contributed by atoms with Gasteiger partial charge in [-0.25, -0.2) is 4.79 Å². The number of anilines is 1. The molecule has 1 atom stereocenters. The van der Waals surface area contributed by atoms with Gasteiger partial charge in [0.05, 0.1) is 0 Å². The van der Waals surface area contributed by atoms with Gasteiger partial charge in [-0.05, 0) is 12.1 Å². The van der Waals surface area contributed by atoms with Gasteiger partial charge in [0.1, 0.15) is 12.6 Å². The van der Waals surface area contributed by atoms with Crippen LogP contribution in [0, 0.1) is 0 Å². The molecular formula is C12H14N2O3. The van der Waals surface area contributed by atoms with E-state index < -0.39 is 12.1 Å². The van der Waals surface area contributed by atoms with Crippen molar-refractivity contribution in [1.29, 1.82) is 0 Å². The average Bonchev–Trinajstić information content (AvgIpc) is 2.69. The third-order valence-corrected chi connectivity index (χ3v) is 2.88. The summed E-state index contributed by atoms with van der Waals surface area (Å²) in [4.78, 5) is 26.2. The van der Waals surface area contributed by atoms with Crippen molar-refractivity contribution >= 4 is 17.7 Å². The van der Waals surface area contributed by atoms with Crippen molar-refractivity contribution in [2.75, 3.05) is 25.6 Å². The van der Waals surface area contributed by atoms with Gasteiger partial charge in [0.15, 0.2) is 0 Å². The molecule has 1 aliphatic rings. The van der Waals surface area contributed by atoms with Gasteiger partial charge in [0.25, 0.3) is 5.91 Å². The summed E-state index contributed by atoms with van der Waals surface area (Å²) in [5.41, 5.74) is 0.797. The smallest absolute Gasteiger partial charge is 0.410 e. The second kappa shape index (κ2) is 4.45. The van der Waals surface area contributed by atoms with Gasteiger partial charge in [-0.1, -0.05) is 18.2 Å². The van der Waals surface area contributed by atoms with Crippen LogP contribution in [0.15, 0.2) is 30.3 Å². The number of para-hydroxylation sites is 1. The highest BCUT2D eigenvalue weighted by atomic mass is 16.6. The molecule has 2 amide bonds. The molecule has 1 saturated heterocycles. The van der Waals surface area contributed by atoms with Crippen LogP contribution in [0.1, 0.15) is 0 Å². The summed E-state index contributed by atoms with van der Waals surface area (Å²) >= 11 is 0. The molecular weight excluding hydrogens is 220 g/mol. The van der Waals surface area contributed by atoms with Crippen LogP contribution in [0.4, 0.5) is 10.5 Å². The van der Waals surface area contributed by atoms with Gasteiger partial charge >= 0.3 is 6.09 Å². The van der Waals surface area contributed by atoms with E-state index in [2.05, 4.69) is 0 Å². The minimum atomic E-state index is -0.535. The lowest BCUT2D eigenvalue weighted by Crippen LogP contribution is -2.44. The number of carbonyl (C=O) groups is 2. The maximum Gasteiger partial charge on any atom is 0.410 e. The Morgan fingerprint density at radius 2 is 2.06 bits per heavy atom. The molecule has 5 nitrogen and oxygen atoms in total. The average molecular weight is 234 g/mol. The lowest BCUT2D eigenvalue weighted by molar-refractivity contribution is -0.121. The van der Waals surface area contributed by atoms with Crippen molar-refractivity contribution in [2.24, 2.45) is 0 Å². The molecule has 0 bridgehead atoms. The van der Waals surface area contributed by atoms with Gasteiger partial charge in [-0.15, -0.1) is 0 Å². The van der Waals surface area contributed by atoms with Gasteiger partial charge in [0, 0.05) is 19.8 Å². The van der Waals surface area contributed by atoms with E-state index in [1.54, 1.807) is 14.1 Å². The number of benzene rings is 1. The molecule has 1 aliphatic heterocycles. The molecule has 1 fully saturated rings. The van der Waals surface area contributed by atoms with Crippen LogP contribution in [0.25, 0.3) is 0 Å². The first-order chi connectivity index (χ1) is 8.11. The number of hydrogen-bond donors (Lipinski definition) is 0. The van der Waals surface area contributed by atoms with E-state index in [-0.39, 0.29) is 12.5 Å². The normalized spacial score (nSPS) is 19.1. The number of likely N-dealkylation sites (N-methyl/N-ethyl adjacent to an activating group) is 2. The Hall–Kier alpha value is -2.04. The predicted octanol–water partition coefficient (Wildman–Crippen LogP) is 1.10. The molecule has 0 aromatic heterocycles. The first kappa shape index (κ1) is 11.4. The summed E-state index contributed by atoms with van der Waals surface area (Å²) in [6, 6.07) is 8.76. The molecule has 17 heavy (non-hydrogen) atoms. The fraction of sp³-hybridized carbons (Fsp3) is 0.333. The highest BCUT2D eigenvalue weighted by Gasteiger charge is 2.37. The van der Waals surface area contributed by atoms with Crippen LogP contribution in [-0.4, -0.2) is 43.6 Å². The van der Waals surface area contributed by atoms with E-state index >= 15 is 0 Å². The fourth-order valence-corrected chi connectivity index (χ4v) is 1.73. The molecule has 5 heteroatoms. The Morgan fingerprint density at radius 1 is 1.41 bits per heavy atom. The second-order valence-corrected chi connectivity index (χ2v) is 3.94. The zero-order chi connectivity index (χ0) is 12.4. The summed E-state index contributed by atoms with van der Waals surface area (Å²) in [6.45, 7) is 0.116. The van der Waals surface area contributed by atoms with Crippen molar-refractivity contribution in [2.45, 2.75) is 6.04 Å². The Kier molecular flexibility index (Phi) is 2.99. The Morgan fingerprint density at radius 3 is 2.59 bits per heavy atom. The van der Waals surface area contributed by atoms with Crippen LogP contribution >= 0.6 is 0 Å². The molecule has 0 aliphatic carbocycles. The molecule has 0 N–H and O–H groups in total. The maximum absolute atomic E-state index is 12.2. The summed E-state index contributed by atoms with van der Waals surface area (Å²) in [6.07, 6.45) is -0.454. The van der Waals surface area contributed by atoms with Crippen LogP contribution < -0.4 is 4.90 Å². The van der Waals surface area contributed by atoms with Crippen LogP contribution in [0.3, 0.4) is 0 Å². The minimum Gasteiger partial charge on any atom is -0.447 e. The van der Waals surface area contributed by atoms with Gasteiger partial charge in [-0.3, -0.25) is 9.69 Å². The summed E-state index contributed by atoms with van der Waals surface area (Å²) in [7, 11) is 3.25. The second-order valence-electron chi connectivity index (χ2n) is 3.94. The van der Waals surface area contributed by atoms with E-state index in [4.69, 9.17) is 4.74 Å². The van der Waals surface area contributed by atoms with E-state index in [0.717, 1.165) is 5.69 Å². The van der Waals surface area contributed by atoms with Crippen LogP contribution in [0.2, 0.25) is 0 Å². The summed E-state index contributed by atoms with van der Waals surface area (Å²) in [5.74, 6) is -0.149. The molecule has 0 radical (unpaired) electrons. The lowest BCUT2D eigenvalue weighted by Gasteiger charge is -2.23. The van der Waals surface area contributed by atoms with Crippen molar-refractivity contribution in [1.82, 2.24) is 4.90 Å². The van der Waals surface area contributed by atoms with Gasteiger partial charge < -0.3 is 9.64 Å². The van der Waals surface area contributed by atoms with E-state index in [0.29, 0.717) is 0 Å². The molecule has 1 unspecified atom stereocenters. The number of ether oxygens (including phenoxy) is 1. The van der Waals surface area contributed by atoms with E-state index in [1.807, 2.05) is 30.3 Å². The first-order valence-electron chi connectivity index (χ1n) is 5.33. The standard InChI is InChI=1S/C12H14N2O3/c1-13(9-6-4-3-5-7-9)11(15)10-8-17-12(16)14(10)2/h3-7,10H,8H2,1-2H3. The van der Waals surface area contributed by atoms with E-state index in [1.165, 1.54) is 9.80 Å². The molecule has 1 aromatic carbocycles. The number of amides is 2. The fourth-order valence-electron chi connectivity index (χ4n) is 1.73. The number of nitrogens with zero attached hydrogens (tertiary/aromatic N) is 2. The zero-order valence-corrected chi connectivity index (χ0v) is 9.79. The minimum absolute atomic E-state index is 0.116. The number of rotatable bonds is 2. The Balaban J connectivity index is 2.13. The van der Waals surface area contributed by atoms with Crippen molar-refractivity contribution < 1.29 is 14.3 Å². The maximum atomic E-state index is 12.2. The quantitative estimate of drug-likeness (QED) is 0.770. The predicted molar refractivity (Wildman–Crippen MR) is 62.8 cm³/mol. The monoisotopic (exact) mass is 234 g/mol.